The third kappa shape index (κ3) is 4.84. The molecule has 25 heavy (non-hydrogen) atoms. The van der Waals surface area contributed by atoms with Crippen molar-refractivity contribution in [3.8, 4) is 0 Å². The summed E-state index contributed by atoms with van der Waals surface area (Å²) in [6, 6.07) is 6.75. The first-order chi connectivity index (χ1) is 11.7. The molecule has 1 aromatic heterocycles. The van der Waals surface area contributed by atoms with Gasteiger partial charge in [-0.15, -0.1) is 0 Å². The van der Waals surface area contributed by atoms with Gasteiger partial charge in [-0.2, -0.15) is 0 Å². The predicted molar refractivity (Wildman–Crippen MR) is 102 cm³/mol. The van der Waals surface area contributed by atoms with E-state index in [2.05, 4.69) is 5.32 Å². The molecule has 1 N–H and O–H groups in total. The van der Waals surface area contributed by atoms with Crippen LogP contribution in [-0.2, 0) is 11.8 Å². The zero-order chi connectivity index (χ0) is 18.7. The number of carbonyl (C=O) groups excluding carboxylic acids is 2. The van der Waals surface area contributed by atoms with Gasteiger partial charge in [-0.05, 0) is 45.2 Å². The van der Waals surface area contributed by atoms with Crippen LogP contribution < -0.4 is 5.32 Å². The minimum atomic E-state index is -0.227. The number of hydrogen-bond donors (Lipinski definition) is 1. The van der Waals surface area contributed by atoms with Crippen LogP contribution in [0.15, 0.2) is 24.3 Å². The van der Waals surface area contributed by atoms with Gasteiger partial charge >= 0.3 is 0 Å². The number of hydrogen-bond acceptors (Lipinski definition) is 3. The first-order valence-corrected chi connectivity index (χ1v) is 8.54. The highest BCUT2D eigenvalue weighted by molar-refractivity contribution is 6.42. The van der Waals surface area contributed by atoms with E-state index in [4.69, 9.17) is 23.2 Å². The summed E-state index contributed by atoms with van der Waals surface area (Å²) in [6.45, 7) is 4.13. The Hall–Kier alpha value is -1.82. The van der Waals surface area contributed by atoms with Gasteiger partial charge in [0.05, 0.1) is 23.1 Å². The summed E-state index contributed by atoms with van der Waals surface area (Å²) in [5, 5.41) is 3.54. The number of carbonyl (C=O) groups is 2. The summed E-state index contributed by atoms with van der Waals surface area (Å²) in [6.07, 6.45) is 0. The van der Waals surface area contributed by atoms with E-state index in [1.807, 2.05) is 31.5 Å². The molecule has 0 bridgehead atoms. The Balaban J connectivity index is 1.93. The fourth-order valence-corrected chi connectivity index (χ4v) is 2.84. The van der Waals surface area contributed by atoms with Gasteiger partial charge in [-0.25, -0.2) is 0 Å². The molecule has 0 radical (unpaired) electrons. The normalized spacial score (nSPS) is 11.0. The van der Waals surface area contributed by atoms with Gasteiger partial charge in [-0.3, -0.25) is 14.5 Å². The summed E-state index contributed by atoms with van der Waals surface area (Å²) in [4.78, 5) is 26.2. The molecule has 0 saturated carbocycles. The maximum Gasteiger partial charge on any atom is 0.238 e. The van der Waals surface area contributed by atoms with E-state index in [1.54, 1.807) is 30.1 Å². The van der Waals surface area contributed by atoms with Crippen LogP contribution in [0.1, 0.15) is 21.7 Å². The standard InChI is InChI=1S/C18H21Cl2N3O2/c1-11-7-14(12(2)23(11)4)17(24)9-22(3)10-18(25)21-13-5-6-15(19)16(20)8-13/h5-8H,9-10H2,1-4H3,(H,21,25). The van der Waals surface area contributed by atoms with E-state index in [1.165, 1.54) is 0 Å². The van der Waals surface area contributed by atoms with Crippen LogP contribution in [0, 0.1) is 13.8 Å². The smallest absolute Gasteiger partial charge is 0.238 e. The topological polar surface area (TPSA) is 54.3 Å². The molecular weight excluding hydrogens is 361 g/mol. The molecule has 7 heteroatoms. The molecule has 5 nitrogen and oxygen atoms in total. The monoisotopic (exact) mass is 381 g/mol. The number of anilines is 1. The van der Waals surface area contributed by atoms with Gasteiger partial charge in [0.25, 0.3) is 0 Å². The highest BCUT2D eigenvalue weighted by atomic mass is 35.5. The van der Waals surface area contributed by atoms with E-state index in [-0.39, 0.29) is 24.8 Å². The number of amides is 1. The lowest BCUT2D eigenvalue weighted by atomic mass is 10.1. The molecule has 0 unspecified atom stereocenters. The van der Waals surface area contributed by atoms with E-state index in [9.17, 15) is 9.59 Å². The van der Waals surface area contributed by atoms with Crippen molar-refractivity contribution >= 4 is 40.6 Å². The largest absolute Gasteiger partial charge is 0.351 e. The molecule has 2 aromatic rings. The van der Waals surface area contributed by atoms with Crippen molar-refractivity contribution in [1.82, 2.24) is 9.47 Å². The molecule has 0 aliphatic heterocycles. The van der Waals surface area contributed by atoms with Gasteiger partial charge in [0.2, 0.25) is 5.91 Å². The third-order valence-corrected chi connectivity index (χ3v) is 4.85. The Morgan fingerprint density at radius 1 is 1.12 bits per heavy atom. The molecule has 1 amide bonds. The predicted octanol–water partition coefficient (Wildman–Crippen LogP) is 3.70. The molecule has 2 rings (SSSR count). The summed E-state index contributed by atoms with van der Waals surface area (Å²) >= 11 is 11.8. The zero-order valence-electron chi connectivity index (χ0n) is 14.7. The second-order valence-electron chi connectivity index (χ2n) is 6.12. The summed E-state index contributed by atoms with van der Waals surface area (Å²) in [5.74, 6) is -0.235. The number of rotatable bonds is 6. The van der Waals surface area contributed by atoms with Gasteiger partial charge in [-0.1, -0.05) is 23.2 Å². The SMILES string of the molecule is Cc1cc(C(=O)CN(C)CC(=O)Nc2ccc(Cl)c(Cl)c2)c(C)n1C. The van der Waals surface area contributed by atoms with Gasteiger partial charge < -0.3 is 9.88 Å². The van der Waals surface area contributed by atoms with Crippen molar-refractivity contribution in [2.24, 2.45) is 7.05 Å². The number of likely N-dealkylation sites (N-methyl/N-ethyl adjacent to an activating group) is 1. The molecule has 0 fully saturated rings. The number of benzene rings is 1. The van der Waals surface area contributed by atoms with E-state index < -0.39 is 0 Å². The van der Waals surface area contributed by atoms with Crippen LogP contribution in [0.3, 0.4) is 0 Å². The number of aromatic nitrogens is 1. The highest BCUT2D eigenvalue weighted by Crippen LogP contribution is 2.24. The molecule has 134 valence electrons. The Morgan fingerprint density at radius 2 is 1.80 bits per heavy atom. The molecule has 0 spiro atoms. The van der Waals surface area contributed by atoms with Gasteiger partial charge in [0.1, 0.15) is 0 Å². The summed E-state index contributed by atoms with van der Waals surface area (Å²) < 4.78 is 1.98. The maximum absolute atomic E-state index is 12.4. The van der Waals surface area contributed by atoms with Crippen molar-refractivity contribution in [2.75, 3.05) is 25.5 Å². The van der Waals surface area contributed by atoms with E-state index in [0.717, 1.165) is 11.4 Å². The van der Waals surface area contributed by atoms with Crippen LogP contribution in [0.2, 0.25) is 10.0 Å². The average molecular weight is 382 g/mol. The maximum atomic E-state index is 12.4. The third-order valence-electron chi connectivity index (χ3n) is 4.11. The van der Waals surface area contributed by atoms with Crippen LogP contribution in [0.25, 0.3) is 0 Å². The number of halogens is 2. The van der Waals surface area contributed by atoms with Crippen molar-refractivity contribution in [2.45, 2.75) is 13.8 Å². The lowest BCUT2D eigenvalue weighted by molar-refractivity contribution is -0.116. The molecule has 1 aromatic carbocycles. The summed E-state index contributed by atoms with van der Waals surface area (Å²) in [5.41, 5.74) is 3.21. The minimum absolute atomic E-state index is 0.00830. The minimum Gasteiger partial charge on any atom is -0.351 e. The number of nitrogens with zero attached hydrogens (tertiary/aromatic N) is 2. The fraction of sp³-hybridized carbons (Fsp3) is 0.333. The molecule has 0 aliphatic carbocycles. The van der Waals surface area contributed by atoms with Crippen LogP contribution >= 0.6 is 23.2 Å². The zero-order valence-corrected chi connectivity index (χ0v) is 16.2. The second-order valence-corrected chi connectivity index (χ2v) is 6.93. The molecule has 0 aliphatic rings. The number of aryl methyl sites for hydroxylation is 1. The Kier molecular flexibility index (Phi) is 6.27. The Bertz CT molecular complexity index is 815. The van der Waals surface area contributed by atoms with Gasteiger partial charge in [0, 0.05) is 29.7 Å². The van der Waals surface area contributed by atoms with Gasteiger partial charge in [0.15, 0.2) is 5.78 Å². The second kappa shape index (κ2) is 8.04. The van der Waals surface area contributed by atoms with Crippen LogP contribution in [0.5, 0.6) is 0 Å². The Morgan fingerprint density at radius 3 is 2.36 bits per heavy atom. The first-order valence-electron chi connectivity index (χ1n) is 7.78. The molecule has 1 heterocycles. The quantitative estimate of drug-likeness (QED) is 0.776. The lowest BCUT2D eigenvalue weighted by Gasteiger charge is -2.15. The first kappa shape index (κ1) is 19.5. The van der Waals surface area contributed by atoms with E-state index in [0.29, 0.717) is 21.3 Å². The number of nitrogens with one attached hydrogen (secondary N) is 1. The molecule has 0 saturated heterocycles. The Labute approximate surface area is 157 Å². The molecule has 0 atom stereocenters. The number of Topliss-reactive ketones (excluding diaryl/α,β-unsaturated/α-hetero) is 1. The number of ketones is 1. The van der Waals surface area contributed by atoms with Crippen molar-refractivity contribution in [1.29, 1.82) is 0 Å². The van der Waals surface area contributed by atoms with E-state index >= 15 is 0 Å². The lowest BCUT2D eigenvalue weighted by Crippen LogP contribution is -2.34. The highest BCUT2D eigenvalue weighted by Gasteiger charge is 2.17. The van der Waals surface area contributed by atoms with Crippen molar-refractivity contribution in [3.05, 3.63) is 51.3 Å². The van der Waals surface area contributed by atoms with Crippen LogP contribution in [0.4, 0.5) is 5.69 Å². The van der Waals surface area contributed by atoms with Crippen molar-refractivity contribution < 1.29 is 9.59 Å². The van der Waals surface area contributed by atoms with Crippen LogP contribution in [-0.4, -0.2) is 41.3 Å². The van der Waals surface area contributed by atoms with Crippen molar-refractivity contribution in [3.63, 3.8) is 0 Å². The molecular formula is C18H21Cl2N3O2. The fourth-order valence-electron chi connectivity index (χ4n) is 2.54. The summed E-state index contributed by atoms with van der Waals surface area (Å²) in [7, 11) is 3.66. The average Bonchev–Trinajstić information content (AvgIpc) is 2.78.